The Labute approximate surface area is 131 Å². The maximum absolute atomic E-state index is 10.1. The third-order valence-corrected chi connectivity index (χ3v) is 4.19. The summed E-state index contributed by atoms with van der Waals surface area (Å²) in [6.45, 7) is 5.29. The summed E-state index contributed by atoms with van der Waals surface area (Å²) in [5.41, 5.74) is 5.96. The first-order chi connectivity index (χ1) is 9.98. The highest BCUT2D eigenvalue weighted by Gasteiger charge is 2.24. The average Bonchev–Trinajstić information content (AvgIpc) is 2.60. The Balaban J connectivity index is 1.83. The van der Waals surface area contributed by atoms with Gasteiger partial charge in [0.2, 0.25) is 0 Å². The molecule has 21 heavy (non-hydrogen) atoms. The Morgan fingerprint density at radius 2 is 2.14 bits per heavy atom. The molecule has 1 atom stereocenters. The molecule has 0 aromatic heterocycles. The van der Waals surface area contributed by atoms with Crippen LogP contribution in [0, 0.1) is 0 Å². The summed E-state index contributed by atoms with van der Waals surface area (Å²) in [4.78, 5) is 2.70. The number of aliphatic hydroxyl groups is 1. The third-order valence-electron chi connectivity index (χ3n) is 3.97. The van der Waals surface area contributed by atoms with E-state index in [-0.39, 0.29) is 0 Å². The molecule has 1 fully saturated rings. The van der Waals surface area contributed by atoms with E-state index in [0.29, 0.717) is 11.6 Å². The van der Waals surface area contributed by atoms with Crippen molar-refractivity contribution in [3.05, 3.63) is 29.8 Å². The first-order valence-electron chi connectivity index (χ1n) is 7.44. The zero-order valence-electron chi connectivity index (χ0n) is 12.5. The molecule has 1 aliphatic heterocycles. The molecule has 1 heterocycles. The molecule has 1 saturated heterocycles. The molecule has 1 aromatic carbocycles. The van der Waals surface area contributed by atoms with Gasteiger partial charge in [-0.05, 0) is 44.9 Å². The number of thiocarbonyl (C=S) groups is 1. The quantitative estimate of drug-likeness (QED) is 0.814. The molecule has 5 heteroatoms. The van der Waals surface area contributed by atoms with Gasteiger partial charge in [0, 0.05) is 13.1 Å². The molecule has 1 unspecified atom stereocenters. The molecule has 0 saturated carbocycles. The van der Waals surface area contributed by atoms with E-state index in [1.54, 1.807) is 0 Å². The number of para-hydroxylation sites is 1. The maximum Gasteiger partial charge on any atom is 0.129 e. The van der Waals surface area contributed by atoms with Crippen LogP contribution in [0.2, 0.25) is 0 Å². The van der Waals surface area contributed by atoms with Crippen LogP contribution in [0.1, 0.15) is 31.7 Å². The van der Waals surface area contributed by atoms with Crippen LogP contribution in [0.25, 0.3) is 0 Å². The van der Waals surface area contributed by atoms with E-state index in [1.165, 1.54) is 0 Å². The van der Waals surface area contributed by atoms with Crippen molar-refractivity contribution >= 4 is 17.2 Å². The predicted octanol–water partition coefficient (Wildman–Crippen LogP) is 1.94. The van der Waals surface area contributed by atoms with E-state index >= 15 is 0 Å². The first kappa shape index (κ1) is 16.2. The summed E-state index contributed by atoms with van der Waals surface area (Å²) in [6, 6.07) is 7.58. The lowest BCUT2D eigenvalue weighted by atomic mass is 9.98. The van der Waals surface area contributed by atoms with Crippen molar-refractivity contribution in [2.45, 2.75) is 31.8 Å². The van der Waals surface area contributed by atoms with Crippen molar-refractivity contribution in [1.82, 2.24) is 4.90 Å². The molecule has 3 N–H and O–H groups in total. The number of rotatable bonds is 5. The Morgan fingerprint density at radius 1 is 1.38 bits per heavy atom. The van der Waals surface area contributed by atoms with Crippen LogP contribution in [0.4, 0.5) is 0 Å². The second-order valence-electron chi connectivity index (χ2n) is 5.90. The highest BCUT2D eigenvalue weighted by Crippen LogP contribution is 2.21. The summed E-state index contributed by atoms with van der Waals surface area (Å²) in [7, 11) is 0. The van der Waals surface area contributed by atoms with Crippen LogP contribution in [0.3, 0.4) is 0 Å². The smallest absolute Gasteiger partial charge is 0.129 e. The van der Waals surface area contributed by atoms with Crippen molar-refractivity contribution in [3.8, 4) is 5.75 Å². The van der Waals surface area contributed by atoms with Gasteiger partial charge in [-0.15, -0.1) is 0 Å². The van der Waals surface area contributed by atoms with Crippen molar-refractivity contribution < 1.29 is 9.84 Å². The van der Waals surface area contributed by atoms with Gasteiger partial charge < -0.3 is 15.6 Å². The summed E-state index contributed by atoms with van der Waals surface area (Å²) in [6.07, 6.45) is 2.71. The molecule has 116 valence electrons. The Bertz CT molecular complexity index is 491. The number of nitrogens with two attached hydrogens (primary N) is 1. The second kappa shape index (κ2) is 7.20. The monoisotopic (exact) mass is 308 g/mol. The molecule has 2 rings (SSSR count). The standard InChI is InChI=1S/C16H24N2O2S/c1-16(19)7-4-9-18(10-8-16)11-12-20-14-6-3-2-5-13(14)15(17)21/h2-3,5-6,19H,4,7-12H2,1H3,(H2,17,21). The van der Waals surface area contributed by atoms with Crippen LogP contribution < -0.4 is 10.5 Å². The van der Waals surface area contributed by atoms with E-state index in [9.17, 15) is 5.11 Å². The van der Waals surface area contributed by atoms with Crippen LogP contribution in [-0.4, -0.2) is 46.8 Å². The first-order valence-corrected chi connectivity index (χ1v) is 7.85. The van der Waals surface area contributed by atoms with Crippen molar-refractivity contribution in [1.29, 1.82) is 0 Å². The highest BCUT2D eigenvalue weighted by molar-refractivity contribution is 7.80. The summed E-state index contributed by atoms with van der Waals surface area (Å²) in [5.74, 6) is 0.742. The van der Waals surface area contributed by atoms with Crippen LogP contribution >= 0.6 is 12.2 Å². The van der Waals surface area contributed by atoms with Crippen molar-refractivity contribution in [2.24, 2.45) is 5.73 Å². The minimum atomic E-state index is -0.520. The van der Waals surface area contributed by atoms with E-state index < -0.39 is 5.60 Å². The van der Waals surface area contributed by atoms with Gasteiger partial charge in [0.05, 0.1) is 11.2 Å². The minimum absolute atomic E-state index is 0.358. The fraction of sp³-hybridized carbons (Fsp3) is 0.562. The van der Waals surface area contributed by atoms with E-state index in [1.807, 2.05) is 31.2 Å². The SMILES string of the molecule is CC1(O)CCCN(CCOc2ccccc2C(N)=S)CC1. The summed E-state index contributed by atoms with van der Waals surface area (Å²) < 4.78 is 5.82. The minimum Gasteiger partial charge on any atom is -0.492 e. The number of benzene rings is 1. The summed E-state index contributed by atoms with van der Waals surface area (Å²) in [5, 5.41) is 10.1. The largest absolute Gasteiger partial charge is 0.492 e. The lowest BCUT2D eigenvalue weighted by Gasteiger charge is -2.22. The number of ether oxygens (including phenoxy) is 1. The van der Waals surface area contributed by atoms with Crippen molar-refractivity contribution in [2.75, 3.05) is 26.2 Å². The fourth-order valence-corrected chi connectivity index (χ4v) is 2.79. The molecular weight excluding hydrogens is 284 g/mol. The zero-order valence-corrected chi connectivity index (χ0v) is 13.4. The molecule has 0 aliphatic carbocycles. The molecule has 0 bridgehead atoms. The highest BCUT2D eigenvalue weighted by atomic mass is 32.1. The molecular formula is C16H24N2O2S. The van der Waals surface area contributed by atoms with Gasteiger partial charge in [-0.25, -0.2) is 0 Å². The zero-order chi connectivity index (χ0) is 15.3. The lowest BCUT2D eigenvalue weighted by molar-refractivity contribution is 0.0442. The van der Waals surface area contributed by atoms with Gasteiger partial charge in [-0.2, -0.15) is 0 Å². The predicted molar refractivity (Wildman–Crippen MR) is 88.7 cm³/mol. The molecule has 1 aliphatic rings. The topological polar surface area (TPSA) is 58.7 Å². The normalized spacial score (nSPS) is 23.5. The maximum atomic E-state index is 10.1. The number of likely N-dealkylation sites (tertiary alicyclic amines) is 1. The Morgan fingerprint density at radius 3 is 2.90 bits per heavy atom. The lowest BCUT2D eigenvalue weighted by Crippen LogP contribution is -2.31. The second-order valence-corrected chi connectivity index (χ2v) is 6.34. The van der Waals surface area contributed by atoms with Gasteiger partial charge in [0.25, 0.3) is 0 Å². The van der Waals surface area contributed by atoms with Crippen molar-refractivity contribution in [3.63, 3.8) is 0 Å². The van der Waals surface area contributed by atoms with Crippen LogP contribution in [0.15, 0.2) is 24.3 Å². The van der Waals surface area contributed by atoms with E-state index in [0.717, 1.165) is 50.2 Å². The van der Waals surface area contributed by atoms with Gasteiger partial charge >= 0.3 is 0 Å². The molecule has 4 nitrogen and oxygen atoms in total. The molecule has 0 radical (unpaired) electrons. The van der Waals surface area contributed by atoms with Gasteiger partial charge in [-0.3, -0.25) is 4.90 Å². The van der Waals surface area contributed by atoms with Crippen LogP contribution in [-0.2, 0) is 0 Å². The molecule has 0 spiro atoms. The Hall–Kier alpha value is -1.17. The van der Waals surface area contributed by atoms with Crippen LogP contribution in [0.5, 0.6) is 5.75 Å². The van der Waals surface area contributed by atoms with E-state index in [2.05, 4.69) is 4.90 Å². The third kappa shape index (κ3) is 4.95. The van der Waals surface area contributed by atoms with Gasteiger partial charge in [0.15, 0.2) is 0 Å². The number of hydrogen-bond acceptors (Lipinski definition) is 4. The van der Waals surface area contributed by atoms with E-state index in [4.69, 9.17) is 22.7 Å². The fourth-order valence-electron chi connectivity index (χ4n) is 2.62. The van der Waals surface area contributed by atoms with Gasteiger partial charge in [-0.1, -0.05) is 24.4 Å². The van der Waals surface area contributed by atoms with Gasteiger partial charge in [0.1, 0.15) is 17.3 Å². The number of hydrogen-bond donors (Lipinski definition) is 2. The summed E-state index contributed by atoms with van der Waals surface area (Å²) >= 11 is 5.03. The average molecular weight is 308 g/mol. The number of nitrogens with zero attached hydrogens (tertiary/aromatic N) is 1. The molecule has 0 amide bonds. The Kier molecular flexibility index (Phi) is 5.56. The molecule has 1 aromatic rings.